The Labute approximate surface area is 93.1 Å². The molecule has 0 saturated heterocycles. The molecule has 1 aliphatic carbocycles. The van der Waals surface area contributed by atoms with E-state index in [9.17, 15) is 9.90 Å². The monoisotopic (exact) mass is 212 g/mol. The molecule has 1 saturated carbocycles. The van der Waals surface area contributed by atoms with Crippen LogP contribution in [0.2, 0.25) is 0 Å². The van der Waals surface area contributed by atoms with E-state index in [0.29, 0.717) is 18.3 Å². The average molecular weight is 212 g/mol. The number of hydrogen-bond acceptors (Lipinski definition) is 2. The zero-order valence-electron chi connectivity index (χ0n) is 10.0. The van der Waals surface area contributed by atoms with Crippen molar-refractivity contribution in [3.8, 4) is 0 Å². The van der Waals surface area contributed by atoms with E-state index in [0.717, 1.165) is 19.3 Å². The highest BCUT2D eigenvalue weighted by molar-refractivity contribution is 5.75. The van der Waals surface area contributed by atoms with E-state index in [-0.39, 0.29) is 11.9 Å². The van der Waals surface area contributed by atoms with Crippen molar-refractivity contribution in [1.82, 2.24) is 0 Å². The van der Waals surface area contributed by atoms with E-state index in [1.165, 1.54) is 19.3 Å². The first-order valence-electron chi connectivity index (χ1n) is 6.32. The van der Waals surface area contributed by atoms with Crippen LogP contribution in [-0.4, -0.2) is 17.0 Å². The summed E-state index contributed by atoms with van der Waals surface area (Å²) >= 11 is 0. The summed E-state index contributed by atoms with van der Waals surface area (Å²) in [6.07, 6.45) is 7.24. The Morgan fingerprint density at radius 2 is 2.07 bits per heavy atom. The van der Waals surface area contributed by atoms with Gasteiger partial charge in [-0.25, -0.2) is 0 Å². The van der Waals surface area contributed by atoms with Crippen LogP contribution in [-0.2, 0) is 4.79 Å². The summed E-state index contributed by atoms with van der Waals surface area (Å²) in [5.74, 6) is 1.12. The second kappa shape index (κ2) is 6.26. The number of Topliss-reactive ketones (excluding diaryl/α,β-unsaturated/α-hetero) is 1. The lowest BCUT2D eigenvalue weighted by atomic mass is 9.86. The standard InChI is InChI=1S/C13H24O2/c1-3-4-5-6-12-11(9-10(2)14)7-8-13(12)15/h11-13,15H,3-9H2,1-2H3/t11-,12+,13-/m1/s1. The topological polar surface area (TPSA) is 37.3 Å². The maximum Gasteiger partial charge on any atom is 0.130 e. The average Bonchev–Trinajstić information content (AvgIpc) is 2.49. The zero-order valence-corrected chi connectivity index (χ0v) is 10.0. The number of rotatable bonds is 6. The molecule has 0 aromatic heterocycles. The molecular weight excluding hydrogens is 188 g/mol. The normalized spacial score (nSPS) is 30.7. The minimum absolute atomic E-state index is 0.147. The maximum atomic E-state index is 11.1. The number of carbonyl (C=O) groups is 1. The molecule has 0 bridgehead atoms. The molecule has 0 spiro atoms. The first-order valence-corrected chi connectivity index (χ1v) is 6.32. The van der Waals surface area contributed by atoms with Crippen LogP contribution in [0.25, 0.3) is 0 Å². The van der Waals surface area contributed by atoms with Crippen molar-refractivity contribution in [2.45, 2.75) is 64.9 Å². The summed E-state index contributed by atoms with van der Waals surface area (Å²) < 4.78 is 0. The molecule has 0 aliphatic heterocycles. The number of hydrogen-bond donors (Lipinski definition) is 1. The van der Waals surface area contributed by atoms with E-state index < -0.39 is 0 Å². The summed E-state index contributed by atoms with van der Waals surface area (Å²) in [7, 11) is 0. The molecule has 3 atom stereocenters. The molecule has 2 heteroatoms. The third-order valence-corrected chi connectivity index (χ3v) is 3.62. The van der Waals surface area contributed by atoms with Gasteiger partial charge in [-0.3, -0.25) is 0 Å². The Kier molecular flexibility index (Phi) is 5.30. The Morgan fingerprint density at radius 1 is 1.33 bits per heavy atom. The molecule has 1 N–H and O–H groups in total. The van der Waals surface area contributed by atoms with Crippen LogP contribution in [0.1, 0.15) is 58.8 Å². The fourth-order valence-corrected chi connectivity index (χ4v) is 2.81. The van der Waals surface area contributed by atoms with Crippen LogP contribution in [0.15, 0.2) is 0 Å². The van der Waals surface area contributed by atoms with Gasteiger partial charge in [0.05, 0.1) is 6.10 Å². The van der Waals surface area contributed by atoms with Gasteiger partial charge in [0.2, 0.25) is 0 Å². The smallest absolute Gasteiger partial charge is 0.130 e. The van der Waals surface area contributed by atoms with Gasteiger partial charge in [0.1, 0.15) is 5.78 Å². The quantitative estimate of drug-likeness (QED) is 0.687. The molecule has 15 heavy (non-hydrogen) atoms. The van der Waals surface area contributed by atoms with Gasteiger partial charge in [0.25, 0.3) is 0 Å². The Balaban J connectivity index is 2.38. The van der Waals surface area contributed by atoms with Crippen molar-refractivity contribution in [3.05, 3.63) is 0 Å². The lowest BCUT2D eigenvalue weighted by Crippen LogP contribution is -2.20. The van der Waals surface area contributed by atoms with Gasteiger partial charge >= 0.3 is 0 Å². The second-order valence-corrected chi connectivity index (χ2v) is 4.97. The summed E-state index contributed by atoms with van der Waals surface area (Å²) in [6, 6.07) is 0. The fourth-order valence-electron chi connectivity index (χ4n) is 2.81. The summed E-state index contributed by atoms with van der Waals surface area (Å²) in [5, 5.41) is 9.86. The Bertz CT molecular complexity index is 201. The van der Waals surface area contributed by atoms with Crippen molar-refractivity contribution in [1.29, 1.82) is 0 Å². The predicted octanol–water partition coefficient (Wildman–Crippen LogP) is 2.93. The molecule has 0 amide bonds. The molecule has 1 aliphatic rings. The van der Waals surface area contributed by atoms with Crippen molar-refractivity contribution < 1.29 is 9.90 Å². The van der Waals surface area contributed by atoms with Crippen LogP contribution in [0, 0.1) is 11.8 Å². The van der Waals surface area contributed by atoms with Crippen molar-refractivity contribution >= 4 is 5.78 Å². The van der Waals surface area contributed by atoms with E-state index >= 15 is 0 Å². The zero-order chi connectivity index (χ0) is 11.3. The molecule has 1 fully saturated rings. The van der Waals surface area contributed by atoms with Crippen LogP contribution in [0.5, 0.6) is 0 Å². The third-order valence-electron chi connectivity index (χ3n) is 3.62. The highest BCUT2D eigenvalue weighted by Crippen LogP contribution is 2.37. The summed E-state index contributed by atoms with van der Waals surface area (Å²) in [6.45, 7) is 3.85. The van der Waals surface area contributed by atoms with Gasteiger partial charge in [-0.2, -0.15) is 0 Å². The van der Waals surface area contributed by atoms with Crippen LogP contribution in [0.3, 0.4) is 0 Å². The number of carbonyl (C=O) groups excluding carboxylic acids is 1. The molecule has 88 valence electrons. The van der Waals surface area contributed by atoms with Crippen molar-refractivity contribution in [2.75, 3.05) is 0 Å². The van der Waals surface area contributed by atoms with Crippen LogP contribution < -0.4 is 0 Å². The third kappa shape index (κ3) is 3.94. The largest absolute Gasteiger partial charge is 0.393 e. The maximum absolute atomic E-state index is 11.1. The van der Waals surface area contributed by atoms with E-state index in [4.69, 9.17) is 0 Å². The molecule has 0 aromatic rings. The molecule has 0 unspecified atom stereocenters. The van der Waals surface area contributed by atoms with Gasteiger partial charge in [-0.1, -0.05) is 26.2 Å². The van der Waals surface area contributed by atoms with E-state index in [1.807, 2.05) is 0 Å². The van der Waals surface area contributed by atoms with Gasteiger partial charge in [0, 0.05) is 6.42 Å². The number of ketones is 1. The van der Waals surface area contributed by atoms with Crippen molar-refractivity contribution in [2.24, 2.45) is 11.8 Å². The minimum atomic E-state index is -0.147. The minimum Gasteiger partial charge on any atom is -0.393 e. The van der Waals surface area contributed by atoms with Gasteiger partial charge in [-0.15, -0.1) is 0 Å². The molecule has 2 nitrogen and oxygen atoms in total. The number of unbranched alkanes of at least 4 members (excludes halogenated alkanes) is 2. The Morgan fingerprint density at radius 3 is 2.67 bits per heavy atom. The number of aliphatic hydroxyl groups is 1. The molecular formula is C13H24O2. The van der Waals surface area contributed by atoms with E-state index in [2.05, 4.69) is 6.92 Å². The fraction of sp³-hybridized carbons (Fsp3) is 0.923. The molecule has 0 heterocycles. The molecule has 0 aromatic carbocycles. The second-order valence-electron chi connectivity index (χ2n) is 4.97. The SMILES string of the molecule is CCCCC[C@H]1[C@@H](CC(C)=O)CC[C@H]1O. The summed E-state index contributed by atoms with van der Waals surface area (Å²) in [5.41, 5.74) is 0. The lowest BCUT2D eigenvalue weighted by molar-refractivity contribution is -0.118. The molecule has 0 radical (unpaired) electrons. The van der Waals surface area contributed by atoms with Gasteiger partial charge in [0.15, 0.2) is 0 Å². The first-order chi connectivity index (χ1) is 7.15. The van der Waals surface area contributed by atoms with Crippen molar-refractivity contribution in [3.63, 3.8) is 0 Å². The predicted molar refractivity (Wildman–Crippen MR) is 61.7 cm³/mol. The van der Waals surface area contributed by atoms with Crippen LogP contribution in [0.4, 0.5) is 0 Å². The highest BCUT2D eigenvalue weighted by atomic mass is 16.3. The first kappa shape index (κ1) is 12.7. The van der Waals surface area contributed by atoms with Crippen LogP contribution >= 0.6 is 0 Å². The van der Waals surface area contributed by atoms with Gasteiger partial charge < -0.3 is 9.90 Å². The highest BCUT2D eigenvalue weighted by Gasteiger charge is 2.34. The number of aliphatic hydroxyl groups excluding tert-OH is 1. The van der Waals surface area contributed by atoms with Gasteiger partial charge in [-0.05, 0) is 38.0 Å². The van der Waals surface area contributed by atoms with E-state index in [1.54, 1.807) is 6.92 Å². The summed E-state index contributed by atoms with van der Waals surface area (Å²) in [4.78, 5) is 11.1. The Hall–Kier alpha value is -0.370. The molecule has 1 rings (SSSR count). The lowest BCUT2D eigenvalue weighted by Gasteiger charge is -2.21.